The van der Waals surface area contributed by atoms with E-state index < -0.39 is 0 Å². The van der Waals surface area contributed by atoms with Gasteiger partial charge < -0.3 is 4.74 Å². The van der Waals surface area contributed by atoms with Gasteiger partial charge in [0.1, 0.15) is 0 Å². The van der Waals surface area contributed by atoms with Gasteiger partial charge in [-0.15, -0.1) is 11.6 Å². The van der Waals surface area contributed by atoms with E-state index >= 15 is 0 Å². The first kappa shape index (κ1) is 13.9. The Bertz CT molecular complexity index is 370. The fourth-order valence-electron chi connectivity index (χ4n) is 2.52. The standard InChI is InChI=1S/C15H22ClNO/c1-11-12(2)15(16)17(3)9-14(11)18-10-13-7-5-4-6-8-13/h4-8,11-12,14-15H,9-10H2,1-3H3. The number of likely N-dealkylation sites (tertiary alicyclic amines) is 1. The summed E-state index contributed by atoms with van der Waals surface area (Å²) in [4.78, 5) is 2.18. The Labute approximate surface area is 115 Å². The molecule has 2 nitrogen and oxygen atoms in total. The number of ether oxygens (including phenoxy) is 1. The molecule has 0 aromatic heterocycles. The molecule has 4 atom stereocenters. The van der Waals surface area contributed by atoms with Gasteiger partial charge in [-0.2, -0.15) is 0 Å². The normalized spacial score (nSPS) is 33.6. The van der Waals surface area contributed by atoms with E-state index in [0.717, 1.165) is 6.54 Å². The summed E-state index contributed by atoms with van der Waals surface area (Å²) in [6.45, 7) is 6.04. The van der Waals surface area contributed by atoms with E-state index in [9.17, 15) is 0 Å². The van der Waals surface area contributed by atoms with Gasteiger partial charge in [-0.1, -0.05) is 44.2 Å². The predicted octanol–water partition coefficient (Wildman–Crippen LogP) is 3.35. The minimum Gasteiger partial charge on any atom is -0.372 e. The summed E-state index contributed by atoms with van der Waals surface area (Å²) in [5.74, 6) is 0.943. The summed E-state index contributed by atoms with van der Waals surface area (Å²) >= 11 is 6.37. The molecule has 2 rings (SSSR count). The molecule has 0 aliphatic carbocycles. The average Bonchev–Trinajstić information content (AvgIpc) is 2.40. The smallest absolute Gasteiger partial charge is 0.0878 e. The summed E-state index contributed by atoms with van der Waals surface area (Å²) in [7, 11) is 2.07. The summed E-state index contributed by atoms with van der Waals surface area (Å²) < 4.78 is 6.07. The SMILES string of the molecule is CC1C(OCc2ccccc2)CN(C)C(Cl)C1C. The highest BCUT2D eigenvalue weighted by Gasteiger charge is 2.36. The second-order valence-electron chi connectivity index (χ2n) is 5.37. The van der Waals surface area contributed by atoms with Gasteiger partial charge in [0, 0.05) is 6.54 Å². The number of hydrogen-bond donors (Lipinski definition) is 0. The third-order valence-electron chi connectivity index (χ3n) is 4.05. The van der Waals surface area contributed by atoms with Gasteiger partial charge in [0.15, 0.2) is 0 Å². The highest BCUT2D eigenvalue weighted by molar-refractivity contribution is 6.20. The summed E-state index contributed by atoms with van der Waals surface area (Å²) in [6, 6.07) is 10.3. The molecule has 3 heteroatoms. The maximum absolute atomic E-state index is 6.37. The summed E-state index contributed by atoms with van der Waals surface area (Å²) in [5.41, 5.74) is 1.35. The molecule has 100 valence electrons. The molecule has 0 radical (unpaired) electrons. The molecule has 0 amide bonds. The molecule has 1 fully saturated rings. The molecule has 0 saturated carbocycles. The lowest BCUT2D eigenvalue weighted by Gasteiger charge is -2.42. The van der Waals surface area contributed by atoms with Gasteiger partial charge in [-0.05, 0) is 24.4 Å². The summed E-state index contributed by atoms with van der Waals surface area (Å²) in [6.07, 6.45) is 0.264. The van der Waals surface area contributed by atoms with Crippen LogP contribution in [0.15, 0.2) is 30.3 Å². The molecule has 1 aromatic rings. The minimum atomic E-state index is 0.122. The van der Waals surface area contributed by atoms with Gasteiger partial charge in [-0.3, -0.25) is 4.90 Å². The van der Waals surface area contributed by atoms with Crippen LogP contribution in [0.4, 0.5) is 0 Å². The van der Waals surface area contributed by atoms with Gasteiger partial charge in [0.05, 0.1) is 18.2 Å². The molecule has 0 spiro atoms. The van der Waals surface area contributed by atoms with Crippen LogP contribution in [0, 0.1) is 11.8 Å². The lowest BCUT2D eigenvalue weighted by molar-refractivity contribution is -0.0625. The van der Waals surface area contributed by atoms with Crippen molar-refractivity contribution in [3.63, 3.8) is 0 Å². The number of benzene rings is 1. The van der Waals surface area contributed by atoms with Crippen molar-refractivity contribution in [2.75, 3.05) is 13.6 Å². The van der Waals surface area contributed by atoms with Crippen LogP contribution in [0.25, 0.3) is 0 Å². The molecule has 1 heterocycles. The molecule has 0 N–H and O–H groups in total. The van der Waals surface area contributed by atoms with Gasteiger partial charge in [0.2, 0.25) is 0 Å². The first-order valence-corrected chi connectivity index (χ1v) is 7.03. The maximum Gasteiger partial charge on any atom is 0.0878 e. The van der Waals surface area contributed by atoms with Crippen molar-refractivity contribution < 1.29 is 4.74 Å². The van der Waals surface area contributed by atoms with Crippen LogP contribution in [-0.2, 0) is 11.3 Å². The van der Waals surface area contributed by atoms with E-state index in [1.54, 1.807) is 0 Å². The van der Waals surface area contributed by atoms with Gasteiger partial charge in [0.25, 0.3) is 0 Å². The Kier molecular flexibility index (Phi) is 4.66. The number of piperidine rings is 1. The fourth-order valence-corrected chi connectivity index (χ4v) is 2.83. The average molecular weight is 268 g/mol. The second-order valence-corrected chi connectivity index (χ2v) is 5.81. The van der Waals surface area contributed by atoms with Crippen LogP contribution in [0.1, 0.15) is 19.4 Å². The first-order valence-electron chi connectivity index (χ1n) is 6.59. The van der Waals surface area contributed by atoms with E-state index in [1.807, 2.05) is 18.2 Å². The molecule has 1 aliphatic rings. The third-order valence-corrected chi connectivity index (χ3v) is 4.78. The number of alkyl halides is 1. The van der Waals surface area contributed by atoms with Crippen LogP contribution >= 0.6 is 11.6 Å². The molecule has 0 bridgehead atoms. The Hall–Kier alpha value is -0.570. The zero-order valence-electron chi connectivity index (χ0n) is 11.3. The number of rotatable bonds is 3. The van der Waals surface area contributed by atoms with Crippen molar-refractivity contribution in [2.45, 2.75) is 32.1 Å². The van der Waals surface area contributed by atoms with E-state index in [0.29, 0.717) is 18.4 Å². The molecule has 18 heavy (non-hydrogen) atoms. The van der Waals surface area contributed by atoms with Gasteiger partial charge in [-0.25, -0.2) is 0 Å². The molecule has 1 aliphatic heterocycles. The monoisotopic (exact) mass is 267 g/mol. The van der Waals surface area contributed by atoms with Crippen molar-refractivity contribution in [2.24, 2.45) is 11.8 Å². The van der Waals surface area contributed by atoms with Crippen LogP contribution < -0.4 is 0 Å². The fraction of sp³-hybridized carbons (Fsp3) is 0.600. The highest BCUT2D eigenvalue weighted by atomic mass is 35.5. The predicted molar refractivity (Wildman–Crippen MR) is 75.6 cm³/mol. The lowest BCUT2D eigenvalue weighted by atomic mass is 9.86. The Morgan fingerprint density at radius 3 is 2.56 bits per heavy atom. The molecular weight excluding hydrogens is 246 g/mol. The Balaban J connectivity index is 1.93. The van der Waals surface area contributed by atoms with E-state index in [4.69, 9.17) is 16.3 Å². The van der Waals surface area contributed by atoms with Crippen molar-refractivity contribution in [1.29, 1.82) is 0 Å². The number of nitrogens with zero attached hydrogens (tertiary/aromatic N) is 1. The van der Waals surface area contributed by atoms with E-state index in [-0.39, 0.29) is 11.6 Å². The zero-order chi connectivity index (χ0) is 13.1. The van der Waals surface area contributed by atoms with Crippen LogP contribution in [0.3, 0.4) is 0 Å². The van der Waals surface area contributed by atoms with Crippen LogP contribution in [0.5, 0.6) is 0 Å². The lowest BCUT2D eigenvalue weighted by Crippen LogP contribution is -2.50. The first-order chi connectivity index (χ1) is 8.59. The third kappa shape index (κ3) is 3.05. The minimum absolute atomic E-state index is 0.122. The quantitative estimate of drug-likeness (QED) is 0.615. The van der Waals surface area contributed by atoms with Crippen molar-refractivity contribution in [3.8, 4) is 0 Å². The maximum atomic E-state index is 6.37. The topological polar surface area (TPSA) is 12.5 Å². The van der Waals surface area contributed by atoms with Crippen LogP contribution in [0.2, 0.25) is 0 Å². The Morgan fingerprint density at radius 2 is 1.89 bits per heavy atom. The van der Waals surface area contributed by atoms with E-state index in [1.165, 1.54) is 5.56 Å². The van der Waals surface area contributed by atoms with Crippen molar-refractivity contribution >= 4 is 11.6 Å². The number of halogens is 1. The Morgan fingerprint density at radius 1 is 1.22 bits per heavy atom. The van der Waals surface area contributed by atoms with Gasteiger partial charge >= 0.3 is 0 Å². The number of hydrogen-bond acceptors (Lipinski definition) is 2. The van der Waals surface area contributed by atoms with Crippen LogP contribution in [-0.4, -0.2) is 30.1 Å². The second kappa shape index (κ2) is 6.05. The highest BCUT2D eigenvalue weighted by Crippen LogP contribution is 2.32. The van der Waals surface area contributed by atoms with Crippen molar-refractivity contribution in [1.82, 2.24) is 4.90 Å². The molecule has 4 unspecified atom stereocenters. The summed E-state index contributed by atoms with van der Waals surface area (Å²) in [5, 5.41) is 0. The zero-order valence-corrected chi connectivity index (χ0v) is 12.1. The molecule has 1 saturated heterocycles. The molecular formula is C15H22ClNO. The number of likely N-dealkylation sites (N-methyl/N-ethyl adjacent to an activating group) is 1. The van der Waals surface area contributed by atoms with Crippen molar-refractivity contribution in [3.05, 3.63) is 35.9 Å². The molecule has 1 aromatic carbocycles. The largest absolute Gasteiger partial charge is 0.372 e. The van der Waals surface area contributed by atoms with E-state index in [2.05, 4.69) is 37.9 Å².